The van der Waals surface area contributed by atoms with Crippen LogP contribution in [0.2, 0.25) is 0 Å². The van der Waals surface area contributed by atoms with Gasteiger partial charge in [-0.1, -0.05) is 110 Å². The predicted molar refractivity (Wildman–Crippen MR) is 173 cm³/mol. The molecule has 0 radical (unpaired) electrons. The zero-order chi connectivity index (χ0) is 30.0. The molecule has 0 saturated heterocycles. The Kier molecular flexibility index (Phi) is 13.5. The summed E-state index contributed by atoms with van der Waals surface area (Å²) in [5.41, 5.74) is 11.3. The van der Waals surface area contributed by atoms with Crippen LogP contribution in [0.4, 0.5) is 10.5 Å². The smallest absolute Gasteiger partial charge is 0.410 e. The SMILES string of the molecule is Nc1cc(CCN(CCCCCCOCCc2ccccc2)C(=O)OCc2ccccc2)ccc1OCc1ccccc1. The first-order valence-electron chi connectivity index (χ1n) is 15.3. The van der Waals surface area contributed by atoms with Crippen molar-refractivity contribution < 1.29 is 19.0 Å². The molecule has 0 atom stereocenters. The largest absolute Gasteiger partial charge is 0.487 e. The van der Waals surface area contributed by atoms with E-state index in [-0.39, 0.29) is 12.7 Å². The summed E-state index contributed by atoms with van der Waals surface area (Å²) in [5.74, 6) is 0.663. The van der Waals surface area contributed by atoms with Gasteiger partial charge in [-0.05, 0) is 60.1 Å². The van der Waals surface area contributed by atoms with E-state index in [1.54, 1.807) is 0 Å². The number of ether oxygens (including phenoxy) is 3. The topological polar surface area (TPSA) is 74.0 Å². The summed E-state index contributed by atoms with van der Waals surface area (Å²) in [5, 5.41) is 0. The molecule has 0 spiro atoms. The van der Waals surface area contributed by atoms with Gasteiger partial charge in [-0.15, -0.1) is 0 Å². The van der Waals surface area contributed by atoms with Gasteiger partial charge in [0.25, 0.3) is 0 Å². The van der Waals surface area contributed by atoms with Crippen molar-refractivity contribution in [3.8, 4) is 5.75 Å². The fourth-order valence-electron chi connectivity index (χ4n) is 4.79. The molecule has 4 aromatic carbocycles. The molecule has 0 aliphatic carbocycles. The molecular weight excluding hydrogens is 536 g/mol. The number of hydrogen-bond acceptors (Lipinski definition) is 5. The summed E-state index contributed by atoms with van der Waals surface area (Å²) < 4.78 is 17.4. The minimum absolute atomic E-state index is 0.261. The monoisotopic (exact) mass is 580 g/mol. The van der Waals surface area contributed by atoms with Crippen LogP contribution in [-0.2, 0) is 35.5 Å². The lowest BCUT2D eigenvalue weighted by Crippen LogP contribution is -2.34. The molecule has 0 fully saturated rings. The normalized spacial score (nSPS) is 10.8. The highest BCUT2D eigenvalue weighted by atomic mass is 16.6. The fraction of sp³-hybridized carbons (Fsp3) is 0.324. The summed E-state index contributed by atoms with van der Waals surface area (Å²) in [6.45, 7) is 3.44. The van der Waals surface area contributed by atoms with Gasteiger partial charge in [-0.25, -0.2) is 4.79 Å². The van der Waals surface area contributed by atoms with E-state index in [1.807, 2.05) is 89.8 Å². The molecule has 0 aliphatic heterocycles. The Balaban J connectivity index is 1.20. The summed E-state index contributed by atoms with van der Waals surface area (Å²) in [6, 6.07) is 36.1. The molecular formula is C37H44N2O4. The fourth-order valence-corrected chi connectivity index (χ4v) is 4.79. The average Bonchev–Trinajstić information content (AvgIpc) is 3.05. The Morgan fingerprint density at radius 3 is 1.91 bits per heavy atom. The molecule has 0 aliphatic rings. The number of benzene rings is 4. The van der Waals surface area contributed by atoms with Crippen molar-refractivity contribution in [3.63, 3.8) is 0 Å². The van der Waals surface area contributed by atoms with Crippen molar-refractivity contribution in [3.05, 3.63) is 131 Å². The van der Waals surface area contributed by atoms with Crippen molar-refractivity contribution in [2.45, 2.75) is 51.7 Å². The van der Waals surface area contributed by atoms with Gasteiger partial charge < -0.3 is 24.8 Å². The number of nitrogen functional groups attached to an aromatic ring is 1. The van der Waals surface area contributed by atoms with E-state index in [4.69, 9.17) is 19.9 Å². The number of unbranched alkanes of at least 4 members (excludes halogenated alkanes) is 3. The van der Waals surface area contributed by atoms with E-state index in [9.17, 15) is 4.79 Å². The molecule has 2 N–H and O–H groups in total. The van der Waals surface area contributed by atoms with Gasteiger partial charge in [-0.3, -0.25) is 0 Å². The van der Waals surface area contributed by atoms with E-state index < -0.39 is 0 Å². The van der Waals surface area contributed by atoms with Gasteiger partial charge in [0.2, 0.25) is 0 Å². The van der Waals surface area contributed by atoms with Crippen molar-refractivity contribution in [1.29, 1.82) is 0 Å². The second-order valence-corrected chi connectivity index (χ2v) is 10.7. The molecule has 4 aromatic rings. The van der Waals surface area contributed by atoms with Crippen LogP contribution in [0, 0.1) is 0 Å². The Morgan fingerprint density at radius 1 is 0.605 bits per heavy atom. The first kappa shape index (κ1) is 31.6. The first-order valence-corrected chi connectivity index (χ1v) is 15.3. The minimum atomic E-state index is -0.288. The third kappa shape index (κ3) is 11.8. The molecule has 0 bridgehead atoms. The van der Waals surface area contributed by atoms with Crippen LogP contribution < -0.4 is 10.5 Å². The molecule has 4 rings (SSSR count). The maximum absolute atomic E-state index is 13.1. The van der Waals surface area contributed by atoms with Crippen LogP contribution in [0.1, 0.15) is 47.9 Å². The molecule has 0 saturated carbocycles. The molecule has 226 valence electrons. The second-order valence-electron chi connectivity index (χ2n) is 10.7. The van der Waals surface area contributed by atoms with E-state index in [0.29, 0.717) is 37.6 Å². The van der Waals surface area contributed by atoms with Crippen LogP contribution in [0.3, 0.4) is 0 Å². The highest BCUT2D eigenvalue weighted by Gasteiger charge is 2.15. The number of carbonyl (C=O) groups excluding carboxylic acids is 1. The molecule has 1 amide bonds. The van der Waals surface area contributed by atoms with Gasteiger partial charge in [0.15, 0.2) is 0 Å². The highest BCUT2D eigenvalue weighted by Crippen LogP contribution is 2.24. The third-order valence-electron chi connectivity index (χ3n) is 7.29. The Labute approximate surface area is 256 Å². The summed E-state index contributed by atoms with van der Waals surface area (Å²) in [7, 11) is 0. The number of hydrogen-bond donors (Lipinski definition) is 1. The minimum Gasteiger partial charge on any atom is -0.487 e. The first-order chi connectivity index (χ1) is 21.2. The van der Waals surface area contributed by atoms with E-state index in [1.165, 1.54) is 5.56 Å². The quantitative estimate of drug-likeness (QED) is 0.0958. The number of anilines is 1. The maximum Gasteiger partial charge on any atom is 0.410 e. The highest BCUT2D eigenvalue weighted by molar-refractivity contribution is 5.67. The van der Waals surface area contributed by atoms with Gasteiger partial charge >= 0.3 is 6.09 Å². The molecule has 43 heavy (non-hydrogen) atoms. The lowest BCUT2D eigenvalue weighted by molar-refractivity contribution is 0.0955. The molecule has 0 heterocycles. The van der Waals surface area contributed by atoms with Crippen LogP contribution in [0.25, 0.3) is 0 Å². The summed E-state index contributed by atoms with van der Waals surface area (Å²) in [4.78, 5) is 14.9. The Morgan fingerprint density at radius 2 is 1.23 bits per heavy atom. The summed E-state index contributed by atoms with van der Waals surface area (Å²) in [6.07, 6.45) is 5.37. The Hall–Kier alpha value is -4.29. The standard InChI is InChI=1S/C37H44N2O4/c38-35-28-32(20-21-36(35)42-29-33-16-8-4-9-17-33)22-25-39(37(40)43-30-34-18-10-5-11-19-34)24-12-1-2-13-26-41-27-23-31-14-6-3-7-15-31/h3-11,14-21,28H,1-2,12-13,22-27,29-30,38H2. The number of amides is 1. The zero-order valence-electron chi connectivity index (χ0n) is 25.0. The molecule has 0 aromatic heterocycles. The average molecular weight is 581 g/mol. The lowest BCUT2D eigenvalue weighted by Gasteiger charge is -2.22. The predicted octanol–water partition coefficient (Wildman–Crippen LogP) is 7.85. The van der Waals surface area contributed by atoms with Gasteiger partial charge in [0.05, 0.1) is 12.3 Å². The molecule has 6 heteroatoms. The van der Waals surface area contributed by atoms with Crippen molar-refractivity contribution in [1.82, 2.24) is 4.90 Å². The van der Waals surface area contributed by atoms with Crippen LogP contribution in [-0.4, -0.2) is 37.3 Å². The van der Waals surface area contributed by atoms with E-state index in [2.05, 4.69) is 24.3 Å². The summed E-state index contributed by atoms with van der Waals surface area (Å²) >= 11 is 0. The second kappa shape index (κ2) is 18.3. The van der Waals surface area contributed by atoms with Gasteiger partial charge in [-0.2, -0.15) is 0 Å². The van der Waals surface area contributed by atoms with Crippen LogP contribution >= 0.6 is 0 Å². The number of nitrogens with zero attached hydrogens (tertiary/aromatic N) is 1. The van der Waals surface area contributed by atoms with E-state index >= 15 is 0 Å². The maximum atomic E-state index is 13.1. The number of carbonyl (C=O) groups is 1. The van der Waals surface area contributed by atoms with Crippen LogP contribution in [0.5, 0.6) is 5.75 Å². The van der Waals surface area contributed by atoms with Crippen molar-refractivity contribution in [2.24, 2.45) is 0 Å². The lowest BCUT2D eigenvalue weighted by atomic mass is 10.1. The van der Waals surface area contributed by atoms with Crippen LogP contribution in [0.15, 0.2) is 109 Å². The zero-order valence-corrected chi connectivity index (χ0v) is 25.0. The van der Waals surface area contributed by atoms with Crippen molar-refractivity contribution >= 4 is 11.8 Å². The Bertz CT molecular complexity index is 1330. The number of rotatable bonds is 18. The molecule has 6 nitrogen and oxygen atoms in total. The van der Waals surface area contributed by atoms with Gasteiger partial charge in [0.1, 0.15) is 19.0 Å². The van der Waals surface area contributed by atoms with Crippen molar-refractivity contribution in [2.75, 3.05) is 32.0 Å². The van der Waals surface area contributed by atoms with Gasteiger partial charge in [0, 0.05) is 19.7 Å². The van der Waals surface area contributed by atoms with E-state index in [0.717, 1.165) is 62.0 Å². The molecule has 0 unspecified atom stereocenters. The number of nitrogens with two attached hydrogens (primary N) is 1. The third-order valence-corrected chi connectivity index (χ3v) is 7.29.